The first-order chi connectivity index (χ1) is 14.1. The molecule has 1 aromatic rings. The molecule has 1 aliphatic rings. The van der Waals surface area contributed by atoms with E-state index in [9.17, 15) is 19.2 Å². The summed E-state index contributed by atoms with van der Waals surface area (Å²) >= 11 is 17.2. The van der Waals surface area contributed by atoms with Gasteiger partial charge in [0, 0.05) is 18.5 Å². The number of alkyl halides is 3. The lowest BCUT2D eigenvalue weighted by atomic mass is 10.1. The molecule has 10 nitrogen and oxygen atoms in total. The molecule has 0 bridgehead atoms. The number of oxime groups is 1. The second kappa shape index (κ2) is 11.6. The molecule has 0 saturated heterocycles. The molecule has 0 atom stereocenters. The van der Waals surface area contributed by atoms with Crippen molar-refractivity contribution in [1.82, 2.24) is 14.9 Å². The molecule has 5 amide bonds. The number of benzene rings is 1. The van der Waals surface area contributed by atoms with Crippen molar-refractivity contribution in [2.24, 2.45) is 5.16 Å². The van der Waals surface area contributed by atoms with Gasteiger partial charge in [0.1, 0.15) is 13.2 Å². The summed E-state index contributed by atoms with van der Waals surface area (Å²) < 4.78 is -0.884. The van der Waals surface area contributed by atoms with E-state index in [0.717, 1.165) is 4.31 Å². The number of nitrogens with zero attached hydrogens (tertiary/aromatic N) is 3. The van der Waals surface area contributed by atoms with Crippen molar-refractivity contribution in [3.8, 4) is 6.07 Å². The maximum Gasteiger partial charge on any atom is 0.321 e. The predicted octanol–water partition coefficient (Wildman–Crippen LogP) is 2.62. The first-order valence-electron chi connectivity index (χ1n) is 7.89. The van der Waals surface area contributed by atoms with Gasteiger partial charge >= 0.3 is 6.03 Å². The first kappa shape index (κ1) is 25.5. The van der Waals surface area contributed by atoms with Crippen molar-refractivity contribution in [2.45, 2.75) is 10.0 Å². The molecule has 0 saturated carbocycles. The number of imide groups is 2. The van der Waals surface area contributed by atoms with Crippen LogP contribution in [0.5, 0.6) is 0 Å². The highest BCUT2D eigenvalue weighted by Gasteiger charge is 2.40. The maximum absolute atomic E-state index is 11.8. The number of hydrogen-bond acceptors (Lipinski definition) is 8. The van der Waals surface area contributed by atoms with Crippen LogP contribution >= 0.6 is 46.8 Å². The van der Waals surface area contributed by atoms with E-state index in [1.807, 2.05) is 5.32 Å². The summed E-state index contributed by atoms with van der Waals surface area (Å²) in [5.41, 5.74) is 0.141. The lowest BCUT2D eigenvalue weighted by Crippen LogP contribution is -2.42. The van der Waals surface area contributed by atoms with Gasteiger partial charge in [-0.2, -0.15) is 5.26 Å². The SMILES string of the molecule is CCNC(=O)NC(=O)C(C#N)=NOC.O=C1c2ccccc2C(=O)N1SC(Cl)(Cl)Cl. The topological polar surface area (TPSA) is 141 Å². The van der Waals surface area contributed by atoms with E-state index in [1.165, 1.54) is 13.2 Å². The van der Waals surface area contributed by atoms with E-state index in [2.05, 4.69) is 15.3 Å². The molecule has 2 rings (SSSR count). The molecule has 0 aliphatic carbocycles. The van der Waals surface area contributed by atoms with Crippen LogP contribution in [0.2, 0.25) is 0 Å². The number of fused-ring (bicyclic) bond motifs is 1. The Kier molecular flexibility index (Phi) is 9.88. The normalized spacial score (nSPS) is 12.9. The lowest BCUT2D eigenvalue weighted by Gasteiger charge is -2.17. The maximum atomic E-state index is 11.8. The number of amides is 5. The van der Waals surface area contributed by atoms with Gasteiger partial charge in [-0.25, -0.2) is 9.10 Å². The van der Waals surface area contributed by atoms with Gasteiger partial charge in [0.15, 0.2) is 0 Å². The average Bonchev–Trinajstić information content (AvgIpc) is 2.90. The molecule has 0 unspecified atom stereocenters. The number of urea groups is 1. The van der Waals surface area contributed by atoms with Gasteiger partial charge in [-0.1, -0.05) is 52.1 Å². The van der Waals surface area contributed by atoms with Crippen LogP contribution in [0.3, 0.4) is 0 Å². The third-order valence-electron chi connectivity index (χ3n) is 3.02. The molecule has 160 valence electrons. The third-order valence-corrected chi connectivity index (χ3v) is 4.36. The quantitative estimate of drug-likeness (QED) is 0.215. The highest BCUT2D eigenvalue weighted by atomic mass is 35.6. The minimum Gasteiger partial charge on any atom is -0.398 e. The summed E-state index contributed by atoms with van der Waals surface area (Å²) in [5.74, 6) is -1.82. The third kappa shape index (κ3) is 7.38. The zero-order chi connectivity index (χ0) is 22.9. The van der Waals surface area contributed by atoms with Gasteiger partial charge < -0.3 is 10.2 Å². The molecule has 14 heteroatoms. The zero-order valence-electron chi connectivity index (χ0n) is 15.4. The molecule has 1 aliphatic heterocycles. The second-order valence-corrected chi connectivity index (χ2v) is 9.15. The van der Waals surface area contributed by atoms with Crippen LogP contribution in [0.25, 0.3) is 0 Å². The van der Waals surface area contributed by atoms with E-state index in [1.54, 1.807) is 31.2 Å². The van der Waals surface area contributed by atoms with Gasteiger partial charge in [0.2, 0.25) is 5.71 Å². The highest BCUT2D eigenvalue weighted by Crippen LogP contribution is 2.43. The Morgan fingerprint density at radius 2 is 1.77 bits per heavy atom. The fraction of sp³-hybridized carbons (Fsp3) is 0.250. The predicted molar refractivity (Wildman–Crippen MR) is 112 cm³/mol. The summed E-state index contributed by atoms with van der Waals surface area (Å²) in [6, 6.07) is 7.28. The smallest absolute Gasteiger partial charge is 0.321 e. The number of nitriles is 1. The number of rotatable bonds is 4. The van der Waals surface area contributed by atoms with Crippen molar-refractivity contribution in [3.63, 3.8) is 0 Å². The zero-order valence-corrected chi connectivity index (χ0v) is 18.5. The van der Waals surface area contributed by atoms with Crippen LogP contribution in [0, 0.1) is 11.3 Å². The Morgan fingerprint density at radius 1 is 1.23 bits per heavy atom. The molecule has 0 aromatic heterocycles. The van der Waals surface area contributed by atoms with Crippen molar-refractivity contribution >= 4 is 76.2 Å². The van der Waals surface area contributed by atoms with E-state index in [4.69, 9.17) is 40.1 Å². The fourth-order valence-electron chi connectivity index (χ4n) is 1.92. The van der Waals surface area contributed by atoms with Crippen LogP contribution in [0.1, 0.15) is 27.6 Å². The van der Waals surface area contributed by atoms with E-state index < -0.39 is 32.6 Å². The van der Waals surface area contributed by atoms with Gasteiger partial charge in [0.05, 0.1) is 11.1 Å². The minimum absolute atomic E-state index is 0.328. The molecular formula is C16H14Cl3N5O5S. The van der Waals surface area contributed by atoms with Crippen LogP contribution in [0.4, 0.5) is 4.79 Å². The van der Waals surface area contributed by atoms with Crippen molar-refractivity contribution < 1.29 is 24.0 Å². The number of hydrogen-bond donors (Lipinski definition) is 2. The number of carbonyl (C=O) groups is 4. The summed E-state index contributed by atoms with van der Waals surface area (Å²) in [4.78, 5) is 49.7. The van der Waals surface area contributed by atoms with Crippen LogP contribution in [-0.4, -0.2) is 50.5 Å². The minimum atomic E-state index is -1.74. The summed E-state index contributed by atoms with van der Waals surface area (Å²) in [6.07, 6.45) is 0. The second-order valence-electron chi connectivity index (χ2n) is 5.04. The molecule has 0 fully saturated rings. The van der Waals surface area contributed by atoms with E-state index in [-0.39, 0.29) is 0 Å². The Labute approximate surface area is 190 Å². The lowest BCUT2D eigenvalue weighted by molar-refractivity contribution is -0.113. The number of carbonyl (C=O) groups excluding carboxylic acids is 4. The average molecular weight is 495 g/mol. The first-order valence-corrected chi connectivity index (χ1v) is 9.80. The van der Waals surface area contributed by atoms with Gasteiger partial charge in [0.25, 0.3) is 20.8 Å². The van der Waals surface area contributed by atoms with E-state index >= 15 is 0 Å². The van der Waals surface area contributed by atoms with Crippen molar-refractivity contribution in [3.05, 3.63) is 35.4 Å². The molecular weight excluding hydrogens is 481 g/mol. The standard InChI is InChI=1S/C9H4Cl3NO2S.C7H10N4O3/c10-9(11,12)16-13-7(14)5-3-1-2-4-6(5)8(13)15;1-3-9-7(13)10-6(12)5(4-8)11-14-2/h1-4H;3H2,1-2H3,(H2,9,10,12,13). The Hall–Kier alpha value is -2.52. The van der Waals surface area contributed by atoms with Crippen molar-refractivity contribution in [2.75, 3.05) is 13.7 Å². The largest absolute Gasteiger partial charge is 0.398 e. The van der Waals surface area contributed by atoms with Crippen LogP contribution in [0.15, 0.2) is 29.4 Å². The Bertz CT molecular complexity index is 878. The number of halogens is 3. The van der Waals surface area contributed by atoms with Gasteiger partial charge in [-0.15, -0.1) is 0 Å². The molecule has 2 N–H and O–H groups in total. The molecule has 0 radical (unpaired) electrons. The fourth-order valence-corrected chi connectivity index (χ4v) is 3.12. The van der Waals surface area contributed by atoms with Crippen LogP contribution < -0.4 is 10.6 Å². The summed E-state index contributed by atoms with van der Waals surface area (Å²) in [5, 5.41) is 15.8. The number of nitrogens with one attached hydrogen (secondary N) is 2. The summed E-state index contributed by atoms with van der Waals surface area (Å²) in [6.45, 7) is 2.07. The highest BCUT2D eigenvalue weighted by molar-refractivity contribution is 8.03. The Morgan fingerprint density at radius 3 is 2.17 bits per heavy atom. The molecule has 0 spiro atoms. The Balaban J connectivity index is 0.000000304. The van der Waals surface area contributed by atoms with Crippen molar-refractivity contribution in [1.29, 1.82) is 5.26 Å². The van der Waals surface area contributed by atoms with Gasteiger partial charge in [-0.05, 0) is 19.1 Å². The monoisotopic (exact) mass is 493 g/mol. The molecule has 1 aromatic carbocycles. The molecule has 30 heavy (non-hydrogen) atoms. The van der Waals surface area contributed by atoms with E-state index in [0.29, 0.717) is 29.6 Å². The van der Waals surface area contributed by atoms with Gasteiger partial charge in [-0.3, -0.25) is 19.7 Å². The molecule has 1 heterocycles. The summed E-state index contributed by atoms with van der Waals surface area (Å²) in [7, 11) is 1.19. The van der Waals surface area contributed by atoms with Crippen LogP contribution in [-0.2, 0) is 9.63 Å².